The zero-order valence-corrected chi connectivity index (χ0v) is 9.13. The van der Waals surface area contributed by atoms with E-state index in [9.17, 15) is 14.3 Å². The number of rotatable bonds is 2. The van der Waals surface area contributed by atoms with Gasteiger partial charge in [-0.05, 0) is 23.8 Å². The molecule has 0 radical (unpaired) electrons. The molecule has 0 aliphatic carbocycles. The fourth-order valence-corrected chi connectivity index (χ4v) is 1.35. The van der Waals surface area contributed by atoms with Crippen LogP contribution in [0.25, 0.3) is 12.2 Å². The first-order chi connectivity index (χ1) is 8.58. The molecule has 0 amide bonds. The fraction of sp³-hybridized carbons (Fsp3) is 0. The molecule has 0 unspecified atom stereocenters. The van der Waals surface area contributed by atoms with Crippen molar-refractivity contribution < 1.29 is 19.0 Å². The zero-order chi connectivity index (χ0) is 13.1. The molecule has 0 aliphatic rings. The van der Waals surface area contributed by atoms with Crippen LogP contribution in [0.5, 0.6) is 11.5 Å². The molecule has 1 aromatic carbocycles. The largest absolute Gasteiger partial charge is 0.505 e. The first kappa shape index (κ1) is 11.9. The molecule has 2 aromatic rings. The summed E-state index contributed by atoms with van der Waals surface area (Å²) in [7, 11) is 0. The van der Waals surface area contributed by atoms with Gasteiger partial charge in [-0.2, -0.15) is 0 Å². The molecule has 5 heteroatoms. The van der Waals surface area contributed by atoms with E-state index in [4.69, 9.17) is 9.52 Å². The SMILES string of the molecule is O=c1ccoc(/C=C/c2ccc(F)c(O)c2)c1O. The van der Waals surface area contributed by atoms with Crippen molar-refractivity contribution in [3.8, 4) is 11.5 Å². The van der Waals surface area contributed by atoms with Crippen LogP contribution >= 0.6 is 0 Å². The van der Waals surface area contributed by atoms with Crippen LogP contribution in [0, 0.1) is 5.82 Å². The van der Waals surface area contributed by atoms with E-state index in [0.717, 1.165) is 18.4 Å². The lowest BCUT2D eigenvalue weighted by Crippen LogP contribution is -1.97. The summed E-state index contributed by atoms with van der Waals surface area (Å²) >= 11 is 0. The van der Waals surface area contributed by atoms with Crippen molar-refractivity contribution >= 4 is 12.2 Å². The molecule has 2 N–H and O–H groups in total. The third kappa shape index (κ3) is 2.40. The van der Waals surface area contributed by atoms with Crippen LogP contribution in [0.15, 0.2) is 39.7 Å². The summed E-state index contributed by atoms with van der Waals surface area (Å²) < 4.78 is 17.7. The maximum atomic E-state index is 12.8. The Hall–Kier alpha value is -2.56. The van der Waals surface area contributed by atoms with Crippen LogP contribution in [-0.2, 0) is 0 Å². The number of halogens is 1. The van der Waals surface area contributed by atoms with Crippen LogP contribution in [-0.4, -0.2) is 10.2 Å². The topological polar surface area (TPSA) is 70.7 Å². The average Bonchev–Trinajstić information content (AvgIpc) is 2.35. The van der Waals surface area contributed by atoms with E-state index in [1.807, 2.05) is 0 Å². The quantitative estimate of drug-likeness (QED) is 0.855. The Morgan fingerprint density at radius 1 is 1.17 bits per heavy atom. The Morgan fingerprint density at radius 3 is 2.67 bits per heavy atom. The van der Waals surface area contributed by atoms with Gasteiger partial charge in [-0.25, -0.2) is 4.39 Å². The first-order valence-corrected chi connectivity index (χ1v) is 5.05. The molecule has 92 valence electrons. The summed E-state index contributed by atoms with van der Waals surface area (Å²) in [6, 6.07) is 4.85. The maximum Gasteiger partial charge on any atom is 0.227 e. The monoisotopic (exact) mass is 248 g/mol. The molecule has 4 nitrogen and oxygen atoms in total. The fourth-order valence-electron chi connectivity index (χ4n) is 1.35. The summed E-state index contributed by atoms with van der Waals surface area (Å²) in [6.07, 6.45) is 3.98. The van der Waals surface area contributed by atoms with Gasteiger partial charge >= 0.3 is 0 Å². The minimum atomic E-state index is -0.721. The molecule has 0 fully saturated rings. The summed E-state index contributed by atoms with van der Waals surface area (Å²) in [5, 5.41) is 18.6. The molecule has 1 aromatic heterocycles. The van der Waals surface area contributed by atoms with E-state index >= 15 is 0 Å². The summed E-state index contributed by atoms with van der Waals surface area (Å²) in [6.45, 7) is 0. The lowest BCUT2D eigenvalue weighted by atomic mass is 10.2. The number of hydrogen-bond donors (Lipinski definition) is 2. The Labute approximate surface area is 101 Å². The standard InChI is InChI=1S/C13H9FO4/c14-9-3-1-8(7-11(9)16)2-4-12-13(17)10(15)5-6-18-12/h1-7,16-17H/b4-2+. The van der Waals surface area contributed by atoms with Crippen molar-refractivity contribution in [3.05, 3.63) is 57.9 Å². The van der Waals surface area contributed by atoms with Crippen LogP contribution in [0.4, 0.5) is 4.39 Å². The second-order valence-corrected chi connectivity index (χ2v) is 3.54. The molecule has 0 bridgehead atoms. The van der Waals surface area contributed by atoms with Crippen molar-refractivity contribution in [2.24, 2.45) is 0 Å². The van der Waals surface area contributed by atoms with Crippen molar-refractivity contribution in [2.75, 3.05) is 0 Å². The minimum Gasteiger partial charge on any atom is -0.505 e. The van der Waals surface area contributed by atoms with E-state index in [1.165, 1.54) is 24.3 Å². The van der Waals surface area contributed by atoms with Gasteiger partial charge in [0.2, 0.25) is 11.2 Å². The van der Waals surface area contributed by atoms with Crippen LogP contribution in [0.2, 0.25) is 0 Å². The highest BCUT2D eigenvalue weighted by atomic mass is 19.1. The molecule has 0 spiro atoms. The summed E-state index contributed by atoms with van der Waals surface area (Å²) in [5.41, 5.74) is -0.0531. The predicted molar refractivity (Wildman–Crippen MR) is 63.6 cm³/mol. The predicted octanol–water partition coefficient (Wildman–Crippen LogP) is 2.36. The first-order valence-electron chi connectivity index (χ1n) is 5.05. The Bertz CT molecular complexity index is 658. The highest BCUT2D eigenvalue weighted by Crippen LogP contribution is 2.19. The second kappa shape index (κ2) is 4.75. The number of benzene rings is 1. The van der Waals surface area contributed by atoms with Gasteiger partial charge in [-0.15, -0.1) is 0 Å². The number of phenols is 1. The number of aromatic hydroxyl groups is 2. The van der Waals surface area contributed by atoms with E-state index < -0.39 is 22.7 Å². The molecule has 18 heavy (non-hydrogen) atoms. The van der Waals surface area contributed by atoms with Gasteiger partial charge in [0.15, 0.2) is 17.3 Å². The van der Waals surface area contributed by atoms with Gasteiger partial charge in [0.1, 0.15) is 0 Å². The van der Waals surface area contributed by atoms with E-state index in [0.29, 0.717) is 5.56 Å². The Kier molecular flexibility index (Phi) is 3.14. The normalized spacial score (nSPS) is 10.9. The second-order valence-electron chi connectivity index (χ2n) is 3.54. The highest BCUT2D eigenvalue weighted by molar-refractivity contribution is 5.70. The smallest absolute Gasteiger partial charge is 0.227 e. The zero-order valence-electron chi connectivity index (χ0n) is 9.13. The third-order valence-corrected chi connectivity index (χ3v) is 2.28. The molecule has 2 rings (SSSR count). The van der Waals surface area contributed by atoms with E-state index in [1.54, 1.807) is 0 Å². The minimum absolute atomic E-state index is 0.00804. The van der Waals surface area contributed by atoms with Crippen molar-refractivity contribution in [1.82, 2.24) is 0 Å². The van der Waals surface area contributed by atoms with Gasteiger partial charge in [0.05, 0.1) is 6.26 Å². The number of phenolic OH excluding ortho intramolecular Hbond substituents is 1. The van der Waals surface area contributed by atoms with Crippen LogP contribution in [0.3, 0.4) is 0 Å². The highest BCUT2D eigenvalue weighted by Gasteiger charge is 2.04. The van der Waals surface area contributed by atoms with Crippen LogP contribution < -0.4 is 5.43 Å². The van der Waals surface area contributed by atoms with E-state index in [2.05, 4.69) is 0 Å². The van der Waals surface area contributed by atoms with Gasteiger partial charge < -0.3 is 14.6 Å². The van der Waals surface area contributed by atoms with Gasteiger partial charge in [-0.3, -0.25) is 4.79 Å². The van der Waals surface area contributed by atoms with Gasteiger partial charge in [-0.1, -0.05) is 12.1 Å². The molecular weight excluding hydrogens is 239 g/mol. The lowest BCUT2D eigenvalue weighted by molar-refractivity contribution is 0.424. The Balaban J connectivity index is 2.33. The third-order valence-electron chi connectivity index (χ3n) is 2.28. The molecule has 0 aliphatic heterocycles. The van der Waals surface area contributed by atoms with Crippen molar-refractivity contribution in [3.63, 3.8) is 0 Å². The van der Waals surface area contributed by atoms with Crippen molar-refractivity contribution in [1.29, 1.82) is 0 Å². The van der Waals surface area contributed by atoms with E-state index in [-0.39, 0.29) is 5.76 Å². The molecule has 0 saturated heterocycles. The van der Waals surface area contributed by atoms with Gasteiger partial charge in [0.25, 0.3) is 0 Å². The molecule has 0 atom stereocenters. The van der Waals surface area contributed by atoms with Gasteiger partial charge in [0, 0.05) is 6.07 Å². The number of hydrogen-bond acceptors (Lipinski definition) is 4. The van der Waals surface area contributed by atoms with Crippen LogP contribution in [0.1, 0.15) is 11.3 Å². The van der Waals surface area contributed by atoms with Crippen molar-refractivity contribution in [2.45, 2.75) is 0 Å². The summed E-state index contributed by atoms with van der Waals surface area (Å²) in [4.78, 5) is 11.1. The Morgan fingerprint density at radius 2 is 1.94 bits per heavy atom. The summed E-state index contributed by atoms with van der Waals surface area (Å²) in [5.74, 6) is -1.71. The average molecular weight is 248 g/mol. The maximum absolute atomic E-state index is 12.8. The molecular formula is C13H9FO4. The molecule has 1 heterocycles. The lowest BCUT2D eigenvalue weighted by Gasteiger charge is -1.98. The molecule has 0 saturated carbocycles.